The smallest absolute Gasteiger partial charge is 0.462 e. The Balaban J connectivity index is 5.22. The molecule has 0 aromatic heterocycles. The normalized spacial score (nSPS) is 14.2. The summed E-state index contributed by atoms with van der Waals surface area (Å²) < 4.78 is 68.8. The van der Waals surface area contributed by atoms with Crippen LogP contribution in [0.25, 0.3) is 0 Å². The molecular formula is C84H164O17P2. The summed E-state index contributed by atoms with van der Waals surface area (Å²) in [6.07, 6.45) is 61.2. The van der Waals surface area contributed by atoms with E-state index in [9.17, 15) is 43.2 Å². The van der Waals surface area contributed by atoms with Gasteiger partial charge in [-0.25, -0.2) is 9.13 Å². The molecule has 0 rings (SSSR count). The fraction of sp³-hybridized carbons (Fsp3) is 0.952. The van der Waals surface area contributed by atoms with Gasteiger partial charge in [-0.05, 0) is 49.4 Å². The number of esters is 4. The van der Waals surface area contributed by atoms with Crippen LogP contribution in [0.15, 0.2) is 0 Å². The van der Waals surface area contributed by atoms with Gasteiger partial charge in [0.15, 0.2) is 12.2 Å². The predicted molar refractivity (Wildman–Crippen MR) is 423 cm³/mol. The maximum atomic E-state index is 13.1. The van der Waals surface area contributed by atoms with Crippen molar-refractivity contribution in [3.63, 3.8) is 0 Å². The molecule has 0 aromatic rings. The average Bonchev–Trinajstić information content (AvgIpc) is 0.911. The number of phosphoric ester groups is 2. The number of phosphoric acid groups is 2. The number of ether oxygens (including phenoxy) is 4. The largest absolute Gasteiger partial charge is 0.472 e. The van der Waals surface area contributed by atoms with Gasteiger partial charge >= 0.3 is 39.5 Å². The van der Waals surface area contributed by atoms with E-state index in [2.05, 4.69) is 55.4 Å². The number of hydrogen-bond donors (Lipinski definition) is 3. The van der Waals surface area contributed by atoms with Crippen LogP contribution in [0.4, 0.5) is 0 Å². The summed E-state index contributed by atoms with van der Waals surface area (Å²) in [5.41, 5.74) is 0. The first-order valence-electron chi connectivity index (χ1n) is 43.2. The summed E-state index contributed by atoms with van der Waals surface area (Å²) in [5, 5.41) is 10.7. The molecule has 0 spiro atoms. The summed E-state index contributed by atoms with van der Waals surface area (Å²) in [6.45, 7) is 14.3. The van der Waals surface area contributed by atoms with Gasteiger partial charge in [-0.15, -0.1) is 0 Å². The zero-order chi connectivity index (χ0) is 76.0. The highest BCUT2D eigenvalue weighted by atomic mass is 31.2. The molecule has 0 saturated heterocycles. The number of unbranched alkanes of at least 4 members (excludes halogenated alkanes) is 46. The molecule has 0 fully saturated rings. The van der Waals surface area contributed by atoms with Crippen molar-refractivity contribution in [3.8, 4) is 0 Å². The van der Waals surface area contributed by atoms with E-state index in [-0.39, 0.29) is 25.7 Å². The minimum absolute atomic E-state index is 0.106. The van der Waals surface area contributed by atoms with Gasteiger partial charge in [0.25, 0.3) is 0 Å². The van der Waals surface area contributed by atoms with E-state index in [1.807, 2.05) is 0 Å². The molecule has 0 saturated carbocycles. The number of aliphatic hydroxyl groups is 1. The van der Waals surface area contributed by atoms with Crippen LogP contribution in [-0.2, 0) is 65.4 Å². The highest BCUT2D eigenvalue weighted by Gasteiger charge is 2.30. The standard InChI is InChI=1S/C84H164O17P2/c1-9-77(8)63-55-47-38-32-26-19-16-17-20-27-33-39-48-56-64-81(86)94-70-79(100-83(88)66-58-50-40-34-28-21-15-13-11-10-12-14-18-24-30-36-44-52-60-74(2)3)72-98-102(90,91)96-68-78(85)69-97-103(92,93)99-73-80(71-95-82(87)65-57-49-43-42-46-54-62-76(6)7)101-84(89)67-59-51-41-35-29-23-22-25-31-37-45-53-61-75(4)5/h74-80,85H,9-73H2,1-8H3,(H,90,91)(H,92,93)/t77?,78-,79-,80-/m1/s1. The zero-order valence-electron chi connectivity index (χ0n) is 68.0. The summed E-state index contributed by atoms with van der Waals surface area (Å²) in [5.74, 6) is 1.01. The third-order valence-electron chi connectivity index (χ3n) is 19.9. The quantitative estimate of drug-likeness (QED) is 0.0222. The van der Waals surface area contributed by atoms with Gasteiger partial charge in [-0.3, -0.25) is 37.3 Å². The van der Waals surface area contributed by atoms with Crippen molar-refractivity contribution in [2.45, 2.75) is 453 Å². The third-order valence-corrected chi connectivity index (χ3v) is 21.8. The fourth-order valence-corrected chi connectivity index (χ4v) is 14.5. The molecule has 19 heteroatoms. The molecule has 103 heavy (non-hydrogen) atoms. The average molecular weight is 1510 g/mol. The summed E-state index contributed by atoms with van der Waals surface area (Å²) in [7, 11) is -9.93. The second-order valence-electron chi connectivity index (χ2n) is 31.9. The Morgan fingerprint density at radius 3 is 0.689 bits per heavy atom. The fourth-order valence-electron chi connectivity index (χ4n) is 12.9. The monoisotopic (exact) mass is 1510 g/mol. The molecule has 3 unspecified atom stereocenters. The Morgan fingerprint density at radius 1 is 0.272 bits per heavy atom. The molecule has 612 valence electrons. The van der Waals surface area contributed by atoms with E-state index in [0.717, 1.165) is 114 Å². The Bertz CT molecular complexity index is 2010. The molecule has 0 aliphatic rings. The Hall–Kier alpha value is -1.94. The minimum Gasteiger partial charge on any atom is -0.462 e. The van der Waals surface area contributed by atoms with Crippen LogP contribution in [-0.4, -0.2) is 96.7 Å². The van der Waals surface area contributed by atoms with Crippen LogP contribution in [0.2, 0.25) is 0 Å². The molecule has 0 aliphatic carbocycles. The van der Waals surface area contributed by atoms with E-state index >= 15 is 0 Å². The lowest BCUT2D eigenvalue weighted by Gasteiger charge is -2.21. The zero-order valence-corrected chi connectivity index (χ0v) is 69.7. The maximum Gasteiger partial charge on any atom is 0.472 e. The van der Waals surface area contributed by atoms with Crippen LogP contribution in [0, 0.1) is 23.7 Å². The summed E-state index contributed by atoms with van der Waals surface area (Å²) in [4.78, 5) is 73.1. The lowest BCUT2D eigenvalue weighted by atomic mass is 9.99. The predicted octanol–water partition coefficient (Wildman–Crippen LogP) is 25.2. The molecule has 17 nitrogen and oxygen atoms in total. The maximum absolute atomic E-state index is 13.1. The highest BCUT2D eigenvalue weighted by molar-refractivity contribution is 7.47. The van der Waals surface area contributed by atoms with E-state index in [4.69, 9.17) is 37.0 Å². The van der Waals surface area contributed by atoms with Crippen LogP contribution in [0.1, 0.15) is 434 Å². The third kappa shape index (κ3) is 76.6. The van der Waals surface area contributed by atoms with Crippen LogP contribution in [0.3, 0.4) is 0 Å². The summed E-state index contributed by atoms with van der Waals surface area (Å²) in [6, 6.07) is 0. The lowest BCUT2D eigenvalue weighted by Crippen LogP contribution is -2.30. The topological polar surface area (TPSA) is 237 Å². The van der Waals surface area contributed by atoms with E-state index < -0.39 is 97.5 Å². The molecule has 0 aliphatic heterocycles. The van der Waals surface area contributed by atoms with Crippen molar-refractivity contribution in [1.82, 2.24) is 0 Å². The van der Waals surface area contributed by atoms with Gasteiger partial charge in [-0.1, -0.05) is 383 Å². The van der Waals surface area contributed by atoms with Crippen molar-refractivity contribution in [2.24, 2.45) is 23.7 Å². The van der Waals surface area contributed by atoms with Gasteiger partial charge in [0, 0.05) is 25.7 Å². The van der Waals surface area contributed by atoms with Crippen molar-refractivity contribution in [2.75, 3.05) is 39.6 Å². The molecule has 6 atom stereocenters. The van der Waals surface area contributed by atoms with Crippen molar-refractivity contribution < 1.29 is 80.2 Å². The van der Waals surface area contributed by atoms with Crippen LogP contribution >= 0.6 is 15.6 Å². The first-order valence-corrected chi connectivity index (χ1v) is 46.2. The molecule has 0 aromatic carbocycles. The Kier molecular flexibility index (Phi) is 71.5. The number of hydrogen-bond acceptors (Lipinski definition) is 15. The number of aliphatic hydroxyl groups excluding tert-OH is 1. The Labute approximate surface area is 632 Å². The second kappa shape index (κ2) is 72.9. The Morgan fingerprint density at radius 2 is 0.466 bits per heavy atom. The molecule has 3 N–H and O–H groups in total. The lowest BCUT2D eigenvalue weighted by molar-refractivity contribution is -0.161. The highest BCUT2D eigenvalue weighted by Crippen LogP contribution is 2.45. The van der Waals surface area contributed by atoms with Crippen molar-refractivity contribution in [1.29, 1.82) is 0 Å². The molecular weight excluding hydrogens is 1340 g/mol. The SMILES string of the molecule is CCC(C)CCCCCCCCCCCCCCCCC(=O)OC[C@H](COP(=O)(O)OC[C@@H](O)COP(=O)(O)OC[C@@H](COC(=O)CCCCCCCCC(C)C)OC(=O)CCCCCCCCCCCCCCC(C)C)OC(=O)CCCCCCCCCCCCCCCCCCCCC(C)C. The van der Waals surface area contributed by atoms with E-state index in [1.165, 1.54) is 231 Å². The van der Waals surface area contributed by atoms with Crippen molar-refractivity contribution >= 4 is 39.5 Å². The molecule has 0 amide bonds. The van der Waals surface area contributed by atoms with E-state index in [1.54, 1.807) is 0 Å². The summed E-state index contributed by atoms with van der Waals surface area (Å²) >= 11 is 0. The number of carbonyl (C=O) groups is 4. The number of rotatable bonds is 81. The molecule has 0 radical (unpaired) electrons. The van der Waals surface area contributed by atoms with Gasteiger partial charge in [0.05, 0.1) is 26.4 Å². The van der Waals surface area contributed by atoms with Gasteiger partial charge in [0.1, 0.15) is 19.3 Å². The van der Waals surface area contributed by atoms with Crippen LogP contribution in [0.5, 0.6) is 0 Å². The molecule has 0 heterocycles. The first kappa shape index (κ1) is 101. The first-order chi connectivity index (χ1) is 49.6. The second-order valence-corrected chi connectivity index (χ2v) is 34.8. The van der Waals surface area contributed by atoms with Gasteiger partial charge < -0.3 is 33.8 Å². The van der Waals surface area contributed by atoms with Crippen molar-refractivity contribution in [3.05, 3.63) is 0 Å². The number of carbonyl (C=O) groups excluding carboxylic acids is 4. The molecule has 0 bridgehead atoms. The van der Waals surface area contributed by atoms with Gasteiger partial charge in [0.2, 0.25) is 0 Å². The van der Waals surface area contributed by atoms with Gasteiger partial charge in [-0.2, -0.15) is 0 Å². The van der Waals surface area contributed by atoms with E-state index in [0.29, 0.717) is 31.6 Å². The van der Waals surface area contributed by atoms with Crippen LogP contribution < -0.4 is 0 Å². The minimum atomic E-state index is -4.97.